The number of benzene rings is 1. The van der Waals surface area contributed by atoms with E-state index in [4.69, 9.17) is 0 Å². The molecule has 0 bridgehead atoms. The molecule has 8 nitrogen and oxygen atoms in total. The fraction of sp³-hybridized carbons (Fsp3) is 0.0588. The molecule has 26 heavy (non-hydrogen) atoms. The molecule has 0 fully saturated rings. The Morgan fingerprint density at radius 3 is 2.88 bits per heavy atom. The molecule has 4 rings (SSSR count). The van der Waals surface area contributed by atoms with E-state index in [2.05, 4.69) is 31.7 Å². The molecule has 3 N–H and O–H groups in total. The molecule has 0 spiro atoms. The average Bonchev–Trinajstić information content (AvgIpc) is 3.22. The Kier molecular flexibility index (Phi) is 3.61. The number of rotatable bonds is 4. The van der Waals surface area contributed by atoms with Crippen molar-refractivity contribution in [2.75, 3.05) is 0 Å². The summed E-state index contributed by atoms with van der Waals surface area (Å²) in [4.78, 5) is 33.9. The molecule has 0 aliphatic rings. The van der Waals surface area contributed by atoms with Crippen LogP contribution in [0.2, 0.25) is 0 Å². The highest BCUT2D eigenvalue weighted by atomic mass is 19.1. The minimum atomic E-state index is -0.622. The smallest absolute Gasteiger partial charge is 0.332 e. The third-order valence-electron chi connectivity index (χ3n) is 4.01. The number of nitrogens with zero attached hydrogens (tertiary/aromatic N) is 3. The summed E-state index contributed by atoms with van der Waals surface area (Å²) >= 11 is 0. The van der Waals surface area contributed by atoms with Crippen LogP contribution in [0.25, 0.3) is 28.8 Å². The lowest BCUT2D eigenvalue weighted by Crippen LogP contribution is -2.31. The Morgan fingerprint density at radius 1 is 1.27 bits per heavy atom. The maximum Gasteiger partial charge on any atom is 0.334 e. The number of hydrogen-bond donors (Lipinski definition) is 3. The number of halogens is 1. The van der Waals surface area contributed by atoms with Gasteiger partial charge in [-0.25, -0.2) is 18.7 Å². The van der Waals surface area contributed by atoms with Crippen LogP contribution in [0.3, 0.4) is 0 Å². The van der Waals surface area contributed by atoms with Crippen LogP contribution in [0.1, 0.15) is 11.3 Å². The summed E-state index contributed by atoms with van der Waals surface area (Å²) in [6, 6.07) is 6.23. The van der Waals surface area contributed by atoms with Gasteiger partial charge in [0.25, 0.3) is 5.56 Å². The van der Waals surface area contributed by atoms with Crippen molar-refractivity contribution in [3.63, 3.8) is 0 Å². The third kappa shape index (κ3) is 2.55. The highest BCUT2D eigenvalue weighted by Crippen LogP contribution is 2.22. The van der Waals surface area contributed by atoms with Crippen molar-refractivity contribution in [1.29, 1.82) is 0 Å². The van der Waals surface area contributed by atoms with E-state index in [0.29, 0.717) is 23.5 Å². The van der Waals surface area contributed by atoms with Crippen molar-refractivity contribution in [2.45, 2.75) is 6.42 Å². The summed E-state index contributed by atoms with van der Waals surface area (Å²) < 4.78 is 14.2. The summed E-state index contributed by atoms with van der Waals surface area (Å²) in [6.45, 7) is 3.45. The van der Waals surface area contributed by atoms with Crippen LogP contribution >= 0.6 is 0 Å². The van der Waals surface area contributed by atoms with Gasteiger partial charge >= 0.3 is 5.69 Å². The average molecular weight is 352 g/mol. The van der Waals surface area contributed by atoms with E-state index in [1.54, 1.807) is 18.3 Å². The van der Waals surface area contributed by atoms with Gasteiger partial charge < -0.3 is 4.98 Å². The predicted molar refractivity (Wildman–Crippen MR) is 94.1 cm³/mol. The van der Waals surface area contributed by atoms with Crippen LogP contribution in [0.4, 0.5) is 4.39 Å². The van der Waals surface area contributed by atoms with E-state index in [9.17, 15) is 14.0 Å². The van der Waals surface area contributed by atoms with Crippen LogP contribution in [0.15, 0.2) is 46.6 Å². The first-order valence-electron chi connectivity index (χ1n) is 7.71. The van der Waals surface area contributed by atoms with E-state index < -0.39 is 11.2 Å². The first kappa shape index (κ1) is 15.8. The van der Waals surface area contributed by atoms with E-state index in [1.807, 2.05) is 0 Å². The number of H-pyrrole nitrogens is 3. The van der Waals surface area contributed by atoms with Crippen molar-refractivity contribution >= 4 is 17.4 Å². The predicted octanol–water partition coefficient (Wildman–Crippen LogP) is 1.63. The highest BCUT2D eigenvalue weighted by molar-refractivity contribution is 5.75. The van der Waals surface area contributed by atoms with Crippen molar-refractivity contribution < 1.29 is 4.39 Å². The number of nitrogens with one attached hydrogen (secondary N) is 3. The minimum absolute atomic E-state index is 0.144. The lowest BCUT2D eigenvalue weighted by atomic mass is 10.1. The number of hydrogen-bond acceptors (Lipinski definition) is 4. The highest BCUT2D eigenvalue weighted by Gasteiger charge is 2.16. The molecule has 0 saturated carbocycles. The van der Waals surface area contributed by atoms with Crippen molar-refractivity contribution in [1.82, 2.24) is 29.7 Å². The molecule has 0 unspecified atom stereocenters. The Morgan fingerprint density at radius 2 is 2.12 bits per heavy atom. The number of aromatic amines is 3. The summed E-state index contributed by atoms with van der Waals surface area (Å²) in [5.41, 5.74) is 1.20. The Bertz CT molecular complexity index is 1250. The number of imidazole rings is 1. The van der Waals surface area contributed by atoms with Gasteiger partial charge in [0.15, 0.2) is 11.2 Å². The van der Waals surface area contributed by atoms with Crippen LogP contribution < -0.4 is 11.2 Å². The zero-order valence-electron chi connectivity index (χ0n) is 13.4. The second-order valence-corrected chi connectivity index (χ2v) is 5.67. The molecule has 9 heteroatoms. The molecule has 0 atom stereocenters. The summed E-state index contributed by atoms with van der Waals surface area (Å²) in [5.74, 6) is 0.0459. The van der Waals surface area contributed by atoms with Gasteiger partial charge in [-0.3, -0.25) is 14.9 Å². The first-order chi connectivity index (χ1) is 12.6. The molecule has 0 aliphatic carbocycles. The van der Waals surface area contributed by atoms with Gasteiger partial charge in [-0.05, 0) is 17.7 Å². The Labute approximate surface area is 145 Å². The van der Waals surface area contributed by atoms with Gasteiger partial charge in [-0.2, -0.15) is 5.10 Å². The van der Waals surface area contributed by atoms with Crippen molar-refractivity contribution in [3.8, 4) is 11.4 Å². The summed E-state index contributed by atoms with van der Waals surface area (Å²) in [5, 5.41) is 6.87. The van der Waals surface area contributed by atoms with E-state index in [-0.39, 0.29) is 17.0 Å². The maximum absolute atomic E-state index is 13.4. The minimum Gasteiger partial charge on any atom is -0.332 e. The lowest BCUT2D eigenvalue weighted by molar-refractivity contribution is 0.626. The zero-order valence-corrected chi connectivity index (χ0v) is 13.4. The molecule has 4 aromatic rings. The monoisotopic (exact) mass is 352 g/mol. The van der Waals surface area contributed by atoms with Crippen molar-refractivity contribution in [3.05, 3.63) is 75.0 Å². The third-order valence-corrected chi connectivity index (χ3v) is 4.01. The molecule has 0 radical (unpaired) electrons. The SMILES string of the molecule is C=Cn1c(=O)[nH]c2nc(-c3cn[nH]c3Cc3cccc(F)c3)[nH]c2c1=O. The van der Waals surface area contributed by atoms with Gasteiger partial charge in [0, 0.05) is 12.6 Å². The normalized spacial score (nSPS) is 11.1. The maximum atomic E-state index is 13.4. The van der Waals surface area contributed by atoms with Gasteiger partial charge in [-0.1, -0.05) is 18.7 Å². The topological polar surface area (TPSA) is 112 Å². The largest absolute Gasteiger partial charge is 0.334 e. The standard InChI is InChI=1S/C17H13FN6O2/c1-2-24-16(25)13-15(22-17(24)26)21-14(20-13)11-8-19-23-12(11)7-9-4-3-5-10(18)6-9/h2-6,8H,1,7H2,(H,19,23)(H,20,21)(H,22,26). The summed E-state index contributed by atoms with van der Waals surface area (Å²) in [6.07, 6.45) is 3.09. The molecular weight excluding hydrogens is 339 g/mol. The summed E-state index contributed by atoms with van der Waals surface area (Å²) in [7, 11) is 0. The zero-order chi connectivity index (χ0) is 18.3. The van der Waals surface area contributed by atoms with Gasteiger partial charge in [-0.15, -0.1) is 0 Å². The van der Waals surface area contributed by atoms with E-state index in [1.165, 1.54) is 12.1 Å². The molecule has 0 saturated heterocycles. The first-order valence-corrected chi connectivity index (χ1v) is 7.71. The van der Waals surface area contributed by atoms with Gasteiger partial charge in [0.05, 0.1) is 17.5 Å². The van der Waals surface area contributed by atoms with Crippen molar-refractivity contribution in [2.24, 2.45) is 0 Å². The number of aromatic nitrogens is 6. The fourth-order valence-corrected chi connectivity index (χ4v) is 2.79. The van der Waals surface area contributed by atoms with Crippen LogP contribution in [0, 0.1) is 5.82 Å². The lowest BCUT2D eigenvalue weighted by Gasteiger charge is -2.01. The molecule has 0 amide bonds. The second kappa shape index (κ2) is 5.96. The molecule has 0 aliphatic heterocycles. The van der Waals surface area contributed by atoms with Crippen LogP contribution in [-0.2, 0) is 6.42 Å². The van der Waals surface area contributed by atoms with Gasteiger partial charge in [0.1, 0.15) is 11.6 Å². The van der Waals surface area contributed by atoms with Crippen LogP contribution in [-0.4, -0.2) is 29.7 Å². The fourth-order valence-electron chi connectivity index (χ4n) is 2.79. The molecule has 3 heterocycles. The Balaban J connectivity index is 1.81. The molecular formula is C17H13FN6O2. The van der Waals surface area contributed by atoms with E-state index in [0.717, 1.165) is 16.3 Å². The van der Waals surface area contributed by atoms with Crippen LogP contribution in [0.5, 0.6) is 0 Å². The quantitative estimate of drug-likeness (QED) is 0.518. The van der Waals surface area contributed by atoms with Gasteiger partial charge in [0.2, 0.25) is 0 Å². The second-order valence-electron chi connectivity index (χ2n) is 5.67. The molecule has 130 valence electrons. The molecule has 1 aromatic carbocycles. The molecule has 3 aromatic heterocycles. The Hall–Kier alpha value is -3.75. The number of fused-ring (bicyclic) bond motifs is 1. The van der Waals surface area contributed by atoms with E-state index >= 15 is 0 Å².